The van der Waals surface area contributed by atoms with E-state index < -0.39 is 0 Å². The van der Waals surface area contributed by atoms with Crippen molar-refractivity contribution in [1.29, 1.82) is 5.26 Å². The Hall–Kier alpha value is -2.04. The molecule has 0 aliphatic carbocycles. The molecule has 6 nitrogen and oxygen atoms in total. The van der Waals surface area contributed by atoms with Gasteiger partial charge in [-0.2, -0.15) is 5.26 Å². The van der Waals surface area contributed by atoms with Crippen LogP contribution in [0.25, 0.3) is 0 Å². The standard InChI is InChI=1S/C15H18N4O2S/c1-17-13(20)6-12-7-14(21)19-15(18-12)22-9-11-5-3-2-4-10(11)8-16/h2-5,12,15,18H,6-7,9H2,1H3,(H,17,20)(H,19,21). The van der Waals surface area contributed by atoms with E-state index in [1.165, 1.54) is 11.8 Å². The highest BCUT2D eigenvalue weighted by atomic mass is 32.2. The van der Waals surface area contributed by atoms with Crippen molar-refractivity contribution in [1.82, 2.24) is 16.0 Å². The smallest absolute Gasteiger partial charge is 0.223 e. The molecular weight excluding hydrogens is 300 g/mol. The number of nitrogens with one attached hydrogen (secondary N) is 3. The summed E-state index contributed by atoms with van der Waals surface area (Å²) in [5.41, 5.74) is 1.31. The van der Waals surface area contributed by atoms with Crippen molar-refractivity contribution in [2.45, 2.75) is 30.1 Å². The molecule has 22 heavy (non-hydrogen) atoms. The van der Waals surface area contributed by atoms with Crippen LogP contribution in [0.4, 0.5) is 0 Å². The van der Waals surface area contributed by atoms with Crippen LogP contribution in [-0.2, 0) is 15.3 Å². The van der Waals surface area contributed by atoms with Gasteiger partial charge in [0, 0.05) is 31.7 Å². The van der Waals surface area contributed by atoms with Crippen molar-refractivity contribution in [2.24, 2.45) is 0 Å². The molecule has 1 aromatic carbocycles. The predicted molar refractivity (Wildman–Crippen MR) is 84.6 cm³/mol. The summed E-state index contributed by atoms with van der Waals surface area (Å²) in [4.78, 5) is 23.2. The maximum Gasteiger partial charge on any atom is 0.223 e. The van der Waals surface area contributed by atoms with E-state index >= 15 is 0 Å². The van der Waals surface area contributed by atoms with Crippen molar-refractivity contribution in [2.75, 3.05) is 7.05 Å². The summed E-state index contributed by atoms with van der Waals surface area (Å²) < 4.78 is 0. The maximum atomic E-state index is 11.7. The third-order valence-corrected chi connectivity index (χ3v) is 4.43. The molecule has 1 saturated heterocycles. The van der Waals surface area contributed by atoms with Gasteiger partial charge in [0.2, 0.25) is 11.8 Å². The molecule has 0 aromatic heterocycles. The molecule has 7 heteroatoms. The van der Waals surface area contributed by atoms with Gasteiger partial charge in [-0.1, -0.05) is 18.2 Å². The van der Waals surface area contributed by atoms with Gasteiger partial charge in [0.25, 0.3) is 0 Å². The number of thioether (sulfide) groups is 1. The summed E-state index contributed by atoms with van der Waals surface area (Å²) in [7, 11) is 1.58. The van der Waals surface area contributed by atoms with Gasteiger partial charge < -0.3 is 10.6 Å². The van der Waals surface area contributed by atoms with Gasteiger partial charge in [-0.15, -0.1) is 11.8 Å². The first-order valence-corrected chi connectivity index (χ1v) is 8.03. The monoisotopic (exact) mass is 318 g/mol. The highest BCUT2D eigenvalue weighted by Gasteiger charge is 2.27. The van der Waals surface area contributed by atoms with Gasteiger partial charge in [-0.05, 0) is 11.6 Å². The molecule has 0 saturated carbocycles. The number of nitriles is 1. The van der Waals surface area contributed by atoms with Crippen molar-refractivity contribution in [3.8, 4) is 6.07 Å². The number of benzene rings is 1. The fraction of sp³-hybridized carbons (Fsp3) is 0.400. The van der Waals surface area contributed by atoms with E-state index in [1.54, 1.807) is 13.1 Å². The average molecular weight is 318 g/mol. The number of hydrogen-bond donors (Lipinski definition) is 3. The first-order chi connectivity index (χ1) is 10.6. The molecule has 1 heterocycles. The number of carbonyl (C=O) groups excluding carboxylic acids is 2. The summed E-state index contributed by atoms with van der Waals surface area (Å²) in [5, 5.41) is 17.7. The SMILES string of the molecule is CNC(=O)CC1CC(=O)NC(SCc2ccccc2C#N)N1. The Morgan fingerprint density at radius 2 is 2.27 bits per heavy atom. The summed E-state index contributed by atoms with van der Waals surface area (Å²) in [5.74, 6) is 0.443. The molecule has 1 aromatic rings. The van der Waals surface area contributed by atoms with Gasteiger partial charge in [0.05, 0.1) is 11.6 Å². The molecule has 0 bridgehead atoms. The van der Waals surface area contributed by atoms with Crippen LogP contribution in [0.2, 0.25) is 0 Å². The molecule has 2 atom stereocenters. The van der Waals surface area contributed by atoms with Crippen LogP contribution in [0.1, 0.15) is 24.0 Å². The summed E-state index contributed by atoms with van der Waals surface area (Å²) >= 11 is 1.50. The summed E-state index contributed by atoms with van der Waals surface area (Å²) in [6.45, 7) is 0. The molecule has 116 valence electrons. The molecule has 2 unspecified atom stereocenters. The molecule has 0 spiro atoms. The average Bonchev–Trinajstić information content (AvgIpc) is 2.52. The highest BCUT2D eigenvalue weighted by molar-refractivity contribution is 7.99. The molecule has 0 radical (unpaired) electrons. The lowest BCUT2D eigenvalue weighted by Crippen LogP contribution is -2.55. The van der Waals surface area contributed by atoms with Crippen LogP contribution < -0.4 is 16.0 Å². The second-order valence-electron chi connectivity index (χ2n) is 4.97. The van der Waals surface area contributed by atoms with Crippen molar-refractivity contribution in [3.05, 3.63) is 35.4 Å². The zero-order chi connectivity index (χ0) is 15.9. The minimum absolute atomic E-state index is 0.0706. The third kappa shape index (κ3) is 4.48. The summed E-state index contributed by atoms with van der Waals surface area (Å²) in [6.07, 6.45) is 0.565. The van der Waals surface area contributed by atoms with Gasteiger partial charge in [0.1, 0.15) is 5.50 Å². The van der Waals surface area contributed by atoms with Crippen molar-refractivity contribution >= 4 is 23.6 Å². The lowest BCUT2D eigenvalue weighted by molar-refractivity contribution is -0.124. The Kier molecular flexibility index (Phi) is 5.81. The number of carbonyl (C=O) groups is 2. The van der Waals surface area contributed by atoms with E-state index in [1.807, 2.05) is 18.2 Å². The van der Waals surface area contributed by atoms with E-state index in [-0.39, 0.29) is 29.8 Å². The second kappa shape index (κ2) is 7.82. The Morgan fingerprint density at radius 3 is 3.00 bits per heavy atom. The molecule has 2 rings (SSSR count). The molecule has 1 aliphatic heterocycles. The van der Waals surface area contributed by atoms with Gasteiger partial charge in [0.15, 0.2) is 0 Å². The van der Waals surface area contributed by atoms with Crippen molar-refractivity contribution < 1.29 is 9.59 Å². The van der Waals surface area contributed by atoms with E-state index in [2.05, 4.69) is 22.0 Å². The Labute approximate surface area is 133 Å². The zero-order valence-electron chi connectivity index (χ0n) is 12.3. The van der Waals surface area contributed by atoms with Crippen LogP contribution in [0.5, 0.6) is 0 Å². The van der Waals surface area contributed by atoms with E-state index in [0.717, 1.165) is 5.56 Å². The first kappa shape index (κ1) is 16.3. The number of nitrogens with zero attached hydrogens (tertiary/aromatic N) is 1. The Bertz CT molecular complexity index is 599. The number of amides is 2. The fourth-order valence-corrected chi connectivity index (χ4v) is 3.32. The topological polar surface area (TPSA) is 94.0 Å². The third-order valence-electron chi connectivity index (χ3n) is 3.36. The molecule has 2 amide bonds. The Balaban J connectivity index is 1.93. The quantitative estimate of drug-likeness (QED) is 0.742. The van der Waals surface area contributed by atoms with Gasteiger partial charge in [-0.25, -0.2) is 0 Å². The molecular formula is C15H18N4O2S. The molecule has 1 fully saturated rings. The number of hydrogen-bond acceptors (Lipinski definition) is 5. The van der Waals surface area contributed by atoms with Gasteiger partial charge in [-0.3, -0.25) is 14.9 Å². The highest BCUT2D eigenvalue weighted by Crippen LogP contribution is 2.20. The van der Waals surface area contributed by atoms with E-state index in [4.69, 9.17) is 5.26 Å². The van der Waals surface area contributed by atoms with Crippen LogP contribution in [0, 0.1) is 11.3 Å². The first-order valence-electron chi connectivity index (χ1n) is 6.98. The van der Waals surface area contributed by atoms with Crippen molar-refractivity contribution in [3.63, 3.8) is 0 Å². The number of rotatable bonds is 5. The second-order valence-corrected chi connectivity index (χ2v) is 6.07. The Morgan fingerprint density at radius 1 is 1.50 bits per heavy atom. The normalized spacial score (nSPS) is 20.8. The van der Waals surface area contributed by atoms with Gasteiger partial charge >= 0.3 is 0 Å². The van der Waals surface area contributed by atoms with Crippen LogP contribution in [0.3, 0.4) is 0 Å². The van der Waals surface area contributed by atoms with E-state index in [0.29, 0.717) is 17.7 Å². The predicted octanol–water partition coefficient (Wildman–Crippen LogP) is 0.689. The minimum atomic E-state index is -0.261. The fourth-order valence-electron chi connectivity index (χ4n) is 2.22. The van der Waals surface area contributed by atoms with Crippen LogP contribution in [0.15, 0.2) is 24.3 Å². The lowest BCUT2D eigenvalue weighted by Gasteiger charge is -2.30. The minimum Gasteiger partial charge on any atom is -0.359 e. The zero-order valence-corrected chi connectivity index (χ0v) is 13.1. The molecule has 3 N–H and O–H groups in total. The van der Waals surface area contributed by atoms with Crippen LogP contribution >= 0.6 is 11.8 Å². The summed E-state index contributed by atoms with van der Waals surface area (Å²) in [6, 6.07) is 9.38. The lowest BCUT2D eigenvalue weighted by atomic mass is 10.1. The molecule has 1 aliphatic rings. The van der Waals surface area contributed by atoms with Crippen LogP contribution in [-0.4, -0.2) is 30.4 Å². The largest absolute Gasteiger partial charge is 0.359 e. The van der Waals surface area contributed by atoms with E-state index in [9.17, 15) is 9.59 Å². The maximum absolute atomic E-state index is 11.7.